The number of allylic oxidation sites excluding steroid dienone is 1. The third-order valence-corrected chi connectivity index (χ3v) is 10.7. The molecule has 2 aromatic rings. The second kappa shape index (κ2) is 16.5. The number of aliphatic hydroxyl groups is 1. The van der Waals surface area contributed by atoms with E-state index in [-0.39, 0.29) is 49.4 Å². The molecule has 1 spiro atoms. The third kappa shape index (κ3) is 7.65. The topological polar surface area (TPSA) is 125 Å². The molecule has 3 amide bonds. The number of likely N-dealkylation sites (tertiary alicyclic amines) is 1. The van der Waals surface area contributed by atoms with E-state index in [2.05, 4.69) is 34.4 Å². The number of nitrogens with one attached hydrogen (secondary N) is 1. The highest BCUT2D eigenvalue weighted by atomic mass is 79.9. The van der Waals surface area contributed by atoms with Gasteiger partial charge in [-0.1, -0.05) is 70.0 Å². The first-order chi connectivity index (χ1) is 23.7. The van der Waals surface area contributed by atoms with E-state index in [1.165, 1.54) is 0 Å². The Morgan fingerprint density at radius 1 is 1.12 bits per heavy atom. The first-order valence-electron chi connectivity index (χ1n) is 16.7. The number of nitrogens with zero attached hydrogens (tertiary/aromatic N) is 2. The molecule has 3 heterocycles. The van der Waals surface area contributed by atoms with Crippen LogP contribution in [0.2, 0.25) is 5.02 Å². The number of ether oxygens (including phenoxy) is 2. The fourth-order valence-corrected chi connectivity index (χ4v) is 8.45. The van der Waals surface area contributed by atoms with Crippen LogP contribution in [0.25, 0.3) is 0 Å². The molecule has 5 rings (SSSR count). The summed E-state index contributed by atoms with van der Waals surface area (Å²) < 4.78 is 12.2. The average Bonchev–Trinajstić information content (AvgIpc) is 3.70. The minimum atomic E-state index is -1.27. The van der Waals surface area contributed by atoms with Crippen molar-refractivity contribution < 1.29 is 33.8 Å². The van der Waals surface area contributed by atoms with Crippen LogP contribution < -0.4 is 10.2 Å². The fraction of sp³-hybridized carbons (Fsp3) is 0.459. The van der Waals surface area contributed by atoms with Crippen LogP contribution >= 0.6 is 27.5 Å². The molecule has 3 aliphatic rings. The van der Waals surface area contributed by atoms with Gasteiger partial charge in [0.25, 0.3) is 5.91 Å². The number of fused-ring (bicyclic) bond motifs is 1. The quantitative estimate of drug-likeness (QED) is 0.0993. The molecule has 1 unspecified atom stereocenters. The van der Waals surface area contributed by atoms with Gasteiger partial charge in [-0.3, -0.25) is 19.2 Å². The van der Waals surface area contributed by atoms with Crippen LogP contribution in [0, 0.1) is 11.8 Å². The number of hydrogen-bond donors (Lipinski definition) is 2. The normalized spacial score (nSPS) is 25.8. The molecule has 7 atom stereocenters. The third-order valence-electron chi connectivity index (χ3n) is 9.58. The zero-order chi connectivity index (χ0) is 35.1. The van der Waals surface area contributed by atoms with Crippen molar-refractivity contribution in [1.82, 2.24) is 10.2 Å². The highest BCUT2D eigenvalue weighted by Gasteiger charge is 2.76. The number of alkyl halides is 1. The Morgan fingerprint density at radius 3 is 2.53 bits per heavy atom. The van der Waals surface area contributed by atoms with Crippen LogP contribution in [-0.2, 0) is 28.7 Å². The Labute approximate surface area is 300 Å². The van der Waals surface area contributed by atoms with Gasteiger partial charge in [0, 0.05) is 41.7 Å². The second-order valence-electron chi connectivity index (χ2n) is 12.7. The van der Waals surface area contributed by atoms with Gasteiger partial charge in [0.2, 0.25) is 11.8 Å². The summed E-state index contributed by atoms with van der Waals surface area (Å²) in [6.45, 7) is 7.87. The largest absolute Gasteiger partial charge is 0.463 e. The van der Waals surface area contributed by atoms with Gasteiger partial charge in [0.05, 0.1) is 24.0 Å². The molecular formula is C37H43BrClN3O7. The fourth-order valence-electron chi connectivity index (χ4n) is 7.38. The standard InChI is InChI=1S/C37H43BrClN3O7/c1-3-5-14-29(44)48-23-28(24-12-8-6-9-13-24)40-34(45)30-31-35(46)42(20-10-7-11-21-43)33(37(31)22-27(38)32(30)49-37)36(47)41(19-4-2)26-17-15-25(39)16-18-26/h3-4,6,8-9,12-13,15-18,27-28,30-33,43H,1-2,5,7,10-11,14,19-23H2,(H,40,45)/t27?,28-,30+,31-,32+,33+,37-/m1/s1. The Morgan fingerprint density at radius 2 is 1.86 bits per heavy atom. The van der Waals surface area contributed by atoms with Crippen molar-refractivity contribution in [3.05, 3.63) is 90.5 Å². The molecule has 0 aliphatic carbocycles. The van der Waals surface area contributed by atoms with Crippen molar-refractivity contribution in [2.75, 3.05) is 31.2 Å². The Balaban J connectivity index is 1.47. The highest BCUT2D eigenvalue weighted by Crippen LogP contribution is 2.60. The van der Waals surface area contributed by atoms with Crippen LogP contribution in [0.3, 0.4) is 0 Å². The molecule has 10 nitrogen and oxygen atoms in total. The number of unbranched alkanes of at least 4 members (excludes halogenated alkanes) is 2. The molecule has 0 saturated carbocycles. The van der Waals surface area contributed by atoms with E-state index in [9.17, 15) is 24.3 Å². The SMILES string of the molecule is C=CCCC(=O)OC[C@@H](NC(=O)[C@@H]1[C@H]2O[C@@]3(CC2Br)[C@H](C(=O)N(CC=C)c2ccc(Cl)cc2)N(CCCCCO)C(=O)[C@@H]13)c1ccccc1. The van der Waals surface area contributed by atoms with Gasteiger partial charge in [0.15, 0.2) is 0 Å². The van der Waals surface area contributed by atoms with E-state index < -0.39 is 47.5 Å². The first-order valence-corrected chi connectivity index (χ1v) is 18.0. The zero-order valence-corrected chi connectivity index (χ0v) is 29.7. The van der Waals surface area contributed by atoms with Crippen LogP contribution in [-0.4, -0.2) is 82.6 Å². The number of carbonyl (C=O) groups is 4. The van der Waals surface area contributed by atoms with Gasteiger partial charge in [-0.2, -0.15) is 0 Å². The monoisotopic (exact) mass is 755 g/mol. The van der Waals surface area contributed by atoms with Crippen molar-refractivity contribution in [2.24, 2.45) is 11.8 Å². The molecule has 12 heteroatoms. The van der Waals surface area contributed by atoms with Crippen molar-refractivity contribution in [3.8, 4) is 0 Å². The summed E-state index contributed by atoms with van der Waals surface area (Å²) in [5.41, 5.74) is 0.0605. The minimum absolute atomic E-state index is 0.0248. The number of hydrogen-bond acceptors (Lipinski definition) is 7. The van der Waals surface area contributed by atoms with Gasteiger partial charge in [-0.15, -0.1) is 13.2 Å². The maximum absolute atomic E-state index is 14.7. The molecule has 49 heavy (non-hydrogen) atoms. The average molecular weight is 757 g/mol. The second-order valence-corrected chi connectivity index (χ2v) is 14.3. The predicted molar refractivity (Wildman–Crippen MR) is 190 cm³/mol. The number of rotatable bonds is 17. The lowest BCUT2D eigenvalue weighted by atomic mass is 9.70. The Bertz CT molecular complexity index is 1530. The van der Waals surface area contributed by atoms with E-state index in [1.54, 1.807) is 46.2 Å². The first kappa shape index (κ1) is 36.8. The highest BCUT2D eigenvalue weighted by molar-refractivity contribution is 9.09. The number of esters is 1. The summed E-state index contributed by atoms with van der Waals surface area (Å²) in [5, 5.41) is 12.9. The molecule has 2 N–H and O–H groups in total. The van der Waals surface area contributed by atoms with E-state index >= 15 is 0 Å². The van der Waals surface area contributed by atoms with E-state index in [0.717, 1.165) is 5.56 Å². The van der Waals surface area contributed by atoms with Crippen molar-refractivity contribution in [1.29, 1.82) is 0 Å². The number of amides is 3. The van der Waals surface area contributed by atoms with Crippen molar-refractivity contribution in [3.63, 3.8) is 0 Å². The zero-order valence-electron chi connectivity index (χ0n) is 27.3. The molecule has 3 aliphatic heterocycles. The van der Waals surface area contributed by atoms with E-state index in [0.29, 0.717) is 42.8 Å². The molecule has 2 aromatic carbocycles. The van der Waals surface area contributed by atoms with Crippen LogP contribution in [0.15, 0.2) is 79.9 Å². The lowest BCUT2D eigenvalue weighted by Crippen LogP contribution is -2.57. The number of anilines is 1. The summed E-state index contributed by atoms with van der Waals surface area (Å²) in [6.07, 6.45) is 5.37. The van der Waals surface area contributed by atoms with E-state index in [4.69, 9.17) is 21.1 Å². The summed E-state index contributed by atoms with van der Waals surface area (Å²) >= 11 is 9.89. The smallest absolute Gasteiger partial charge is 0.306 e. The maximum Gasteiger partial charge on any atom is 0.306 e. The van der Waals surface area contributed by atoms with Crippen LogP contribution in [0.4, 0.5) is 5.69 Å². The lowest BCUT2D eigenvalue weighted by Gasteiger charge is -2.37. The molecule has 3 fully saturated rings. The van der Waals surface area contributed by atoms with Gasteiger partial charge in [0.1, 0.15) is 18.2 Å². The van der Waals surface area contributed by atoms with Gasteiger partial charge in [-0.05, 0) is 61.9 Å². The predicted octanol–water partition coefficient (Wildman–Crippen LogP) is 5.14. The number of benzene rings is 2. The summed E-state index contributed by atoms with van der Waals surface area (Å²) in [5.74, 6) is -3.30. The maximum atomic E-state index is 14.7. The molecule has 0 radical (unpaired) electrons. The van der Waals surface area contributed by atoms with Crippen molar-refractivity contribution in [2.45, 2.75) is 67.1 Å². The minimum Gasteiger partial charge on any atom is -0.463 e. The van der Waals surface area contributed by atoms with Gasteiger partial charge < -0.3 is 29.7 Å². The Kier molecular flexibility index (Phi) is 12.4. The number of halogens is 2. The molecular weight excluding hydrogens is 714 g/mol. The van der Waals surface area contributed by atoms with Crippen LogP contribution in [0.1, 0.15) is 50.1 Å². The molecule has 3 saturated heterocycles. The van der Waals surface area contributed by atoms with Crippen molar-refractivity contribution >= 4 is 56.9 Å². The van der Waals surface area contributed by atoms with Gasteiger partial charge in [-0.25, -0.2) is 0 Å². The summed E-state index contributed by atoms with van der Waals surface area (Å²) in [6, 6.07) is 14.4. The molecule has 0 aromatic heterocycles. The molecule has 262 valence electrons. The van der Waals surface area contributed by atoms with Gasteiger partial charge >= 0.3 is 5.97 Å². The number of carbonyl (C=O) groups excluding carboxylic acids is 4. The summed E-state index contributed by atoms with van der Waals surface area (Å²) in [4.78, 5) is 58.8. The summed E-state index contributed by atoms with van der Waals surface area (Å²) in [7, 11) is 0. The molecule has 2 bridgehead atoms. The number of aliphatic hydroxyl groups excluding tert-OH is 1. The Hall–Kier alpha value is -3.51. The van der Waals surface area contributed by atoms with E-state index in [1.807, 2.05) is 30.3 Å². The van der Waals surface area contributed by atoms with Crippen LogP contribution in [0.5, 0.6) is 0 Å². The lowest BCUT2D eigenvalue weighted by molar-refractivity contribution is -0.145.